The molecule has 0 atom stereocenters. The van der Waals surface area contributed by atoms with Gasteiger partial charge in [-0.25, -0.2) is 9.59 Å². The SMILES string of the molecule is [C-]#[N+]n1c(=O)c2[nH]c(=O)[nH]c2n(C)c1=O. The molecule has 0 unspecified atom stereocenters. The van der Waals surface area contributed by atoms with Crippen LogP contribution in [0.2, 0.25) is 0 Å². The van der Waals surface area contributed by atoms with Crippen LogP contribution in [-0.2, 0) is 7.05 Å². The quantitative estimate of drug-likeness (QED) is 0.509. The van der Waals surface area contributed by atoms with Gasteiger partial charge in [0.05, 0.1) is 4.68 Å². The van der Waals surface area contributed by atoms with E-state index in [1.807, 2.05) is 0 Å². The van der Waals surface area contributed by atoms with Gasteiger partial charge in [0.1, 0.15) is 5.65 Å². The summed E-state index contributed by atoms with van der Waals surface area (Å²) in [7, 11) is 1.36. The average Bonchev–Trinajstić information content (AvgIpc) is 2.58. The van der Waals surface area contributed by atoms with Crippen LogP contribution in [0.3, 0.4) is 0 Å². The van der Waals surface area contributed by atoms with E-state index in [4.69, 9.17) is 6.57 Å². The molecule has 76 valence electrons. The number of hydrogen-bond donors (Lipinski definition) is 2. The number of fused-ring (bicyclic) bond motifs is 1. The topological polar surface area (TPSA) is 97.0 Å². The van der Waals surface area contributed by atoms with Crippen LogP contribution in [0, 0.1) is 6.57 Å². The van der Waals surface area contributed by atoms with Gasteiger partial charge in [-0.2, -0.15) is 6.57 Å². The number of hydrogen-bond acceptors (Lipinski definition) is 3. The maximum absolute atomic E-state index is 11.5. The maximum atomic E-state index is 11.5. The zero-order valence-electron chi connectivity index (χ0n) is 7.57. The van der Waals surface area contributed by atoms with E-state index in [2.05, 4.69) is 14.9 Å². The van der Waals surface area contributed by atoms with E-state index in [0.29, 0.717) is 4.68 Å². The highest BCUT2D eigenvalue weighted by molar-refractivity contribution is 5.68. The van der Waals surface area contributed by atoms with Gasteiger partial charge in [0.25, 0.3) is 0 Å². The van der Waals surface area contributed by atoms with Gasteiger partial charge in [0.15, 0.2) is 5.52 Å². The van der Waals surface area contributed by atoms with Gasteiger partial charge in [-0.3, -0.25) is 19.3 Å². The zero-order valence-corrected chi connectivity index (χ0v) is 7.57. The van der Waals surface area contributed by atoms with Crippen LogP contribution in [-0.4, -0.2) is 19.2 Å². The Kier molecular flexibility index (Phi) is 1.63. The second-order valence-electron chi connectivity index (χ2n) is 2.86. The van der Waals surface area contributed by atoms with Gasteiger partial charge < -0.3 is 0 Å². The van der Waals surface area contributed by atoms with Crippen LogP contribution in [0.5, 0.6) is 0 Å². The van der Waals surface area contributed by atoms with Crippen molar-refractivity contribution in [2.45, 2.75) is 0 Å². The fourth-order valence-electron chi connectivity index (χ4n) is 1.30. The van der Waals surface area contributed by atoms with Gasteiger partial charge in [0.2, 0.25) is 0 Å². The predicted octanol–water partition coefficient (Wildman–Crippen LogP) is -1.60. The molecule has 2 aromatic rings. The molecular formula is C7H5N5O3. The number of nitrogens with zero attached hydrogens (tertiary/aromatic N) is 3. The van der Waals surface area contributed by atoms with Gasteiger partial charge in [-0.15, -0.1) is 4.95 Å². The number of nitrogens with one attached hydrogen (secondary N) is 2. The lowest BCUT2D eigenvalue weighted by Gasteiger charge is -1.96. The van der Waals surface area contributed by atoms with Crippen LogP contribution in [0.1, 0.15) is 0 Å². The third-order valence-corrected chi connectivity index (χ3v) is 2.02. The summed E-state index contributed by atoms with van der Waals surface area (Å²) in [6.45, 7) is 6.68. The summed E-state index contributed by atoms with van der Waals surface area (Å²) in [4.78, 5) is 41.2. The normalized spacial score (nSPS) is 10.4. The van der Waals surface area contributed by atoms with Gasteiger partial charge in [-0.05, 0) is 0 Å². The standard InChI is InChI=1S/C7H5N5O3/c1-8-12-5(13)3-4(10-6(14)9-3)11(2)7(12)15/h2H3,(H2,9,10,14). The highest BCUT2D eigenvalue weighted by atomic mass is 16.2. The lowest BCUT2D eigenvalue weighted by atomic mass is 10.5. The molecule has 0 saturated carbocycles. The first kappa shape index (κ1) is 9.01. The van der Waals surface area contributed by atoms with Crippen LogP contribution in [0.4, 0.5) is 0 Å². The summed E-state index contributed by atoms with van der Waals surface area (Å²) in [5.41, 5.74) is -2.23. The van der Waals surface area contributed by atoms with Crippen molar-refractivity contribution in [1.82, 2.24) is 19.2 Å². The Bertz CT molecular complexity index is 750. The molecule has 0 aliphatic carbocycles. The van der Waals surface area contributed by atoms with E-state index >= 15 is 0 Å². The molecule has 0 fully saturated rings. The second-order valence-corrected chi connectivity index (χ2v) is 2.86. The molecular weight excluding hydrogens is 202 g/mol. The summed E-state index contributed by atoms with van der Waals surface area (Å²) in [5, 5.41) is 0. The number of aryl methyl sites for hydroxylation is 1. The molecule has 8 nitrogen and oxygen atoms in total. The largest absolute Gasteiger partial charge is 0.401 e. The Labute approximate surface area is 81.2 Å². The van der Waals surface area contributed by atoms with Crippen LogP contribution in [0.15, 0.2) is 14.4 Å². The number of rotatable bonds is 0. The van der Waals surface area contributed by atoms with Crippen molar-refractivity contribution in [1.29, 1.82) is 0 Å². The van der Waals surface area contributed by atoms with E-state index in [1.165, 1.54) is 7.05 Å². The summed E-state index contributed by atoms with van der Waals surface area (Å²) >= 11 is 0. The summed E-state index contributed by atoms with van der Waals surface area (Å²) < 4.78 is 1.37. The molecule has 0 radical (unpaired) electrons. The monoisotopic (exact) mass is 207 g/mol. The average molecular weight is 207 g/mol. The summed E-state index contributed by atoms with van der Waals surface area (Å²) in [6.07, 6.45) is 0. The Hall–Kier alpha value is -2.56. The molecule has 2 heterocycles. The third-order valence-electron chi connectivity index (χ3n) is 2.02. The molecule has 2 aromatic heterocycles. The van der Waals surface area contributed by atoms with Crippen molar-refractivity contribution in [3.05, 3.63) is 42.8 Å². The van der Waals surface area contributed by atoms with Crippen LogP contribution in [0.25, 0.3) is 16.1 Å². The molecule has 0 spiro atoms. The van der Waals surface area contributed by atoms with E-state index in [9.17, 15) is 14.4 Å². The Balaban J connectivity index is 3.25. The molecule has 2 N–H and O–H groups in total. The highest BCUT2D eigenvalue weighted by Gasteiger charge is 2.15. The smallest absolute Gasteiger partial charge is 0.300 e. The van der Waals surface area contributed by atoms with Crippen molar-refractivity contribution in [2.75, 3.05) is 0 Å². The van der Waals surface area contributed by atoms with E-state index in [1.54, 1.807) is 0 Å². The molecule has 8 heteroatoms. The van der Waals surface area contributed by atoms with E-state index < -0.39 is 16.9 Å². The lowest BCUT2D eigenvalue weighted by Crippen LogP contribution is -2.35. The van der Waals surface area contributed by atoms with E-state index in [0.717, 1.165) is 4.57 Å². The van der Waals surface area contributed by atoms with Crippen LogP contribution < -0.4 is 16.9 Å². The molecule has 0 bridgehead atoms. The minimum atomic E-state index is -0.832. The Morgan fingerprint density at radius 3 is 2.53 bits per heavy atom. The van der Waals surface area contributed by atoms with E-state index in [-0.39, 0.29) is 11.2 Å². The lowest BCUT2D eigenvalue weighted by molar-refractivity contribution is 0.763. The number of imidazole rings is 1. The Morgan fingerprint density at radius 1 is 1.27 bits per heavy atom. The number of aromatic nitrogens is 4. The molecule has 0 saturated heterocycles. The van der Waals surface area contributed by atoms with Crippen molar-refractivity contribution < 1.29 is 0 Å². The number of aromatic amines is 2. The third kappa shape index (κ3) is 1.03. The zero-order chi connectivity index (χ0) is 11.2. The molecule has 0 aliphatic heterocycles. The van der Waals surface area contributed by atoms with Crippen molar-refractivity contribution in [3.8, 4) is 0 Å². The van der Waals surface area contributed by atoms with Gasteiger partial charge in [0, 0.05) is 7.05 Å². The predicted molar refractivity (Wildman–Crippen MR) is 50.4 cm³/mol. The molecule has 15 heavy (non-hydrogen) atoms. The van der Waals surface area contributed by atoms with Crippen molar-refractivity contribution in [3.63, 3.8) is 0 Å². The fraction of sp³-hybridized carbons (Fsp3) is 0.143. The first-order valence-corrected chi connectivity index (χ1v) is 3.88. The Morgan fingerprint density at radius 2 is 1.93 bits per heavy atom. The summed E-state index contributed by atoms with van der Waals surface area (Å²) in [5.74, 6) is 0. The minimum Gasteiger partial charge on any atom is -0.300 e. The maximum Gasteiger partial charge on any atom is 0.401 e. The molecule has 0 aliphatic rings. The van der Waals surface area contributed by atoms with Crippen molar-refractivity contribution in [2.24, 2.45) is 7.05 Å². The van der Waals surface area contributed by atoms with Gasteiger partial charge >= 0.3 is 16.9 Å². The van der Waals surface area contributed by atoms with Gasteiger partial charge in [-0.1, -0.05) is 0 Å². The highest BCUT2D eigenvalue weighted by Crippen LogP contribution is 1.95. The van der Waals surface area contributed by atoms with Crippen LogP contribution >= 0.6 is 0 Å². The molecule has 0 aromatic carbocycles. The molecule has 0 amide bonds. The second kappa shape index (κ2) is 2.71. The van der Waals surface area contributed by atoms with Crippen molar-refractivity contribution >= 4 is 11.2 Å². The first-order valence-electron chi connectivity index (χ1n) is 3.88. The first-order chi connectivity index (χ1) is 7.06. The summed E-state index contributed by atoms with van der Waals surface area (Å²) in [6, 6.07) is 0. The fourth-order valence-corrected chi connectivity index (χ4v) is 1.30. The molecule has 2 rings (SSSR count). The minimum absolute atomic E-state index is 0.0786. The number of H-pyrrole nitrogens is 2.